The van der Waals surface area contributed by atoms with E-state index in [-0.39, 0.29) is 16.7 Å². The lowest BCUT2D eigenvalue weighted by atomic mass is 10.1. The fourth-order valence-electron chi connectivity index (χ4n) is 1.66. The Morgan fingerprint density at radius 3 is 2.83 bits per heavy atom. The van der Waals surface area contributed by atoms with Crippen LogP contribution in [0.25, 0.3) is 0 Å². The molecule has 0 saturated carbocycles. The number of benzene rings is 1. The van der Waals surface area contributed by atoms with E-state index in [1.165, 1.54) is 6.07 Å². The van der Waals surface area contributed by atoms with E-state index in [1.54, 1.807) is 12.1 Å². The van der Waals surface area contributed by atoms with Gasteiger partial charge < -0.3 is 10.2 Å². The molecule has 0 saturated heterocycles. The van der Waals surface area contributed by atoms with Crippen molar-refractivity contribution in [3.8, 4) is 0 Å². The molecule has 100 valence electrons. The van der Waals surface area contributed by atoms with Crippen LogP contribution in [0.3, 0.4) is 0 Å². The second kappa shape index (κ2) is 7.08. The largest absolute Gasteiger partial charge is 0.309 e. The highest BCUT2D eigenvalue weighted by molar-refractivity contribution is 5.35. The van der Waals surface area contributed by atoms with Gasteiger partial charge in [-0.25, -0.2) is 0 Å². The standard InChI is InChI=1S/C13H21N3O2/c1-4-15(3)9-8-14-11(2)12-6-5-7-13(10-12)16(17)18/h5-7,10-11,14H,4,8-9H2,1-3H3. The summed E-state index contributed by atoms with van der Waals surface area (Å²) in [6.45, 7) is 6.99. The summed E-state index contributed by atoms with van der Waals surface area (Å²) in [5.74, 6) is 0. The molecular weight excluding hydrogens is 230 g/mol. The van der Waals surface area contributed by atoms with Crippen molar-refractivity contribution in [2.45, 2.75) is 19.9 Å². The van der Waals surface area contributed by atoms with E-state index in [1.807, 2.05) is 13.0 Å². The van der Waals surface area contributed by atoms with Crippen LogP contribution in [0.1, 0.15) is 25.5 Å². The Balaban J connectivity index is 2.53. The van der Waals surface area contributed by atoms with Crippen LogP contribution in [0, 0.1) is 10.1 Å². The molecular formula is C13H21N3O2. The maximum absolute atomic E-state index is 10.7. The molecule has 5 nitrogen and oxygen atoms in total. The molecule has 1 rings (SSSR count). The first-order valence-electron chi connectivity index (χ1n) is 6.21. The molecule has 0 fully saturated rings. The van der Waals surface area contributed by atoms with Crippen LogP contribution >= 0.6 is 0 Å². The van der Waals surface area contributed by atoms with Gasteiger partial charge in [0.15, 0.2) is 0 Å². The van der Waals surface area contributed by atoms with Crippen LogP contribution in [0.5, 0.6) is 0 Å². The number of likely N-dealkylation sites (N-methyl/N-ethyl adjacent to an activating group) is 1. The van der Waals surface area contributed by atoms with Crippen molar-refractivity contribution in [1.29, 1.82) is 0 Å². The second-order valence-corrected chi connectivity index (χ2v) is 4.42. The van der Waals surface area contributed by atoms with Gasteiger partial charge in [0.2, 0.25) is 0 Å². The molecule has 1 unspecified atom stereocenters. The molecule has 1 N–H and O–H groups in total. The van der Waals surface area contributed by atoms with E-state index in [0.717, 1.165) is 25.2 Å². The number of nitrogens with one attached hydrogen (secondary N) is 1. The number of rotatable bonds is 7. The lowest BCUT2D eigenvalue weighted by Crippen LogP contribution is -2.30. The average Bonchev–Trinajstić information content (AvgIpc) is 2.38. The van der Waals surface area contributed by atoms with Crippen molar-refractivity contribution >= 4 is 5.69 Å². The van der Waals surface area contributed by atoms with Crippen molar-refractivity contribution in [2.75, 3.05) is 26.7 Å². The summed E-state index contributed by atoms with van der Waals surface area (Å²) in [5.41, 5.74) is 1.09. The second-order valence-electron chi connectivity index (χ2n) is 4.42. The highest BCUT2D eigenvalue weighted by atomic mass is 16.6. The van der Waals surface area contributed by atoms with Crippen molar-refractivity contribution in [1.82, 2.24) is 10.2 Å². The molecule has 0 aromatic heterocycles. The Labute approximate surface area is 108 Å². The van der Waals surface area contributed by atoms with E-state index in [2.05, 4.69) is 24.2 Å². The van der Waals surface area contributed by atoms with Gasteiger partial charge in [0.1, 0.15) is 0 Å². The number of hydrogen-bond acceptors (Lipinski definition) is 4. The third-order valence-electron chi connectivity index (χ3n) is 3.06. The summed E-state index contributed by atoms with van der Waals surface area (Å²) in [6.07, 6.45) is 0. The number of nitro benzene ring substituents is 1. The van der Waals surface area contributed by atoms with Crippen molar-refractivity contribution < 1.29 is 4.92 Å². The highest BCUT2D eigenvalue weighted by Crippen LogP contribution is 2.18. The number of nitrogens with zero attached hydrogens (tertiary/aromatic N) is 2. The topological polar surface area (TPSA) is 58.4 Å². The van der Waals surface area contributed by atoms with Gasteiger partial charge in [-0.15, -0.1) is 0 Å². The minimum absolute atomic E-state index is 0.121. The lowest BCUT2D eigenvalue weighted by Gasteiger charge is -2.18. The van der Waals surface area contributed by atoms with Gasteiger partial charge in [0.25, 0.3) is 5.69 Å². The molecule has 0 radical (unpaired) electrons. The van der Waals surface area contributed by atoms with Gasteiger partial charge in [-0.05, 0) is 26.1 Å². The third-order valence-corrected chi connectivity index (χ3v) is 3.06. The first kappa shape index (κ1) is 14.6. The first-order chi connectivity index (χ1) is 8.54. The molecule has 0 amide bonds. The Morgan fingerprint density at radius 1 is 1.50 bits per heavy atom. The van der Waals surface area contributed by atoms with Gasteiger partial charge >= 0.3 is 0 Å². The molecule has 1 aromatic carbocycles. The SMILES string of the molecule is CCN(C)CCNC(C)c1cccc([N+](=O)[O-])c1. The van der Waals surface area contributed by atoms with Crippen LogP contribution in [0.4, 0.5) is 5.69 Å². The van der Waals surface area contributed by atoms with E-state index in [9.17, 15) is 10.1 Å². The zero-order valence-electron chi connectivity index (χ0n) is 11.2. The third kappa shape index (κ3) is 4.43. The van der Waals surface area contributed by atoms with Crippen LogP contribution < -0.4 is 5.32 Å². The predicted octanol–water partition coefficient (Wildman–Crippen LogP) is 2.20. The minimum Gasteiger partial charge on any atom is -0.309 e. The van der Waals surface area contributed by atoms with Gasteiger partial charge in [-0.3, -0.25) is 10.1 Å². The zero-order valence-corrected chi connectivity index (χ0v) is 11.2. The number of nitro groups is 1. The molecule has 0 aliphatic heterocycles. The van der Waals surface area contributed by atoms with E-state index in [4.69, 9.17) is 0 Å². The van der Waals surface area contributed by atoms with Crippen LogP contribution in [0.2, 0.25) is 0 Å². The smallest absolute Gasteiger partial charge is 0.269 e. The van der Waals surface area contributed by atoms with Gasteiger partial charge in [0.05, 0.1) is 4.92 Å². The summed E-state index contributed by atoms with van der Waals surface area (Å²) < 4.78 is 0. The summed E-state index contributed by atoms with van der Waals surface area (Å²) in [4.78, 5) is 12.6. The Bertz CT molecular complexity index is 396. The summed E-state index contributed by atoms with van der Waals surface area (Å²) in [5, 5.41) is 14.1. The molecule has 0 heterocycles. The summed E-state index contributed by atoms with van der Waals surface area (Å²) >= 11 is 0. The zero-order chi connectivity index (χ0) is 13.5. The lowest BCUT2D eigenvalue weighted by molar-refractivity contribution is -0.384. The maximum atomic E-state index is 10.7. The fraction of sp³-hybridized carbons (Fsp3) is 0.538. The normalized spacial score (nSPS) is 12.7. The van der Waals surface area contributed by atoms with Gasteiger partial charge in [0, 0.05) is 31.3 Å². The molecule has 0 aliphatic carbocycles. The molecule has 0 aliphatic rings. The van der Waals surface area contributed by atoms with Crippen LogP contribution in [0.15, 0.2) is 24.3 Å². The monoisotopic (exact) mass is 251 g/mol. The Morgan fingerprint density at radius 2 is 2.22 bits per heavy atom. The molecule has 0 spiro atoms. The molecule has 18 heavy (non-hydrogen) atoms. The van der Waals surface area contributed by atoms with Crippen molar-refractivity contribution in [3.63, 3.8) is 0 Å². The highest BCUT2D eigenvalue weighted by Gasteiger charge is 2.10. The number of non-ortho nitro benzene ring substituents is 1. The van der Waals surface area contributed by atoms with Gasteiger partial charge in [-0.1, -0.05) is 19.1 Å². The molecule has 0 bridgehead atoms. The van der Waals surface area contributed by atoms with E-state index in [0.29, 0.717) is 0 Å². The Kier molecular flexibility index (Phi) is 5.74. The Hall–Kier alpha value is -1.46. The number of hydrogen-bond donors (Lipinski definition) is 1. The maximum Gasteiger partial charge on any atom is 0.269 e. The van der Waals surface area contributed by atoms with Crippen molar-refractivity contribution in [2.24, 2.45) is 0 Å². The quantitative estimate of drug-likeness (QED) is 0.596. The fourth-order valence-corrected chi connectivity index (χ4v) is 1.66. The molecule has 5 heteroatoms. The average molecular weight is 251 g/mol. The van der Waals surface area contributed by atoms with Gasteiger partial charge in [-0.2, -0.15) is 0 Å². The minimum atomic E-state index is -0.360. The predicted molar refractivity (Wildman–Crippen MR) is 72.7 cm³/mol. The summed E-state index contributed by atoms with van der Waals surface area (Å²) in [7, 11) is 2.07. The molecule has 1 atom stereocenters. The van der Waals surface area contributed by atoms with Crippen molar-refractivity contribution in [3.05, 3.63) is 39.9 Å². The van der Waals surface area contributed by atoms with Crippen LogP contribution in [-0.2, 0) is 0 Å². The summed E-state index contributed by atoms with van der Waals surface area (Å²) in [6, 6.07) is 6.90. The van der Waals surface area contributed by atoms with E-state index < -0.39 is 0 Å². The first-order valence-corrected chi connectivity index (χ1v) is 6.21. The van der Waals surface area contributed by atoms with Crippen LogP contribution in [-0.4, -0.2) is 36.5 Å². The molecule has 1 aromatic rings. The van der Waals surface area contributed by atoms with E-state index >= 15 is 0 Å².